The van der Waals surface area contributed by atoms with Crippen molar-refractivity contribution in [1.29, 1.82) is 0 Å². The molecule has 0 aliphatic heterocycles. The highest BCUT2D eigenvalue weighted by atomic mass is 16.3. The molecular formula is C13H23N3O2. The summed E-state index contributed by atoms with van der Waals surface area (Å²) in [6.07, 6.45) is 8.52. The SMILES string of the molecule is CCC/C=C/[C@@H](O)[C@H](CO)n1cc(CCC)nn1. The van der Waals surface area contributed by atoms with Crippen LogP contribution in [0.4, 0.5) is 0 Å². The van der Waals surface area contributed by atoms with Crippen LogP contribution in [-0.2, 0) is 6.42 Å². The van der Waals surface area contributed by atoms with Crippen LogP contribution in [0.1, 0.15) is 44.8 Å². The molecule has 0 bridgehead atoms. The third-order valence-corrected chi connectivity index (χ3v) is 2.77. The molecule has 0 aromatic carbocycles. The van der Waals surface area contributed by atoms with Crippen molar-refractivity contribution in [2.24, 2.45) is 0 Å². The molecular weight excluding hydrogens is 230 g/mol. The van der Waals surface area contributed by atoms with Crippen LogP contribution in [0, 0.1) is 0 Å². The molecule has 0 amide bonds. The third-order valence-electron chi connectivity index (χ3n) is 2.77. The summed E-state index contributed by atoms with van der Waals surface area (Å²) in [5.41, 5.74) is 0.890. The topological polar surface area (TPSA) is 71.2 Å². The molecule has 1 rings (SSSR count). The summed E-state index contributed by atoms with van der Waals surface area (Å²) in [7, 11) is 0. The quantitative estimate of drug-likeness (QED) is 0.688. The van der Waals surface area contributed by atoms with Gasteiger partial charge in [-0.25, -0.2) is 4.68 Å². The second-order valence-corrected chi connectivity index (χ2v) is 4.40. The Morgan fingerprint density at radius 1 is 1.39 bits per heavy atom. The molecule has 5 heteroatoms. The van der Waals surface area contributed by atoms with Gasteiger partial charge in [-0.15, -0.1) is 5.10 Å². The van der Waals surface area contributed by atoms with Gasteiger partial charge < -0.3 is 10.2 Å². The second kappa shape index (κ2) is 8.00. The molecule has 1 aromatic rings. The van der Waals surface area contributed by atoms with Crippen molar-refractivity contribution in [3.63, 3.8) is 0 Å². The predicted molar refractivity (Wildman–Crippen MR) is 70.2 cm³/mol. The minimum Gasteiger partial charge on any atom is -0.394 e. The summed E-state index contributed by atoms with van der Waals surface area (Å²) in [5, 5.41) is 27.3. The lowest BCUT2D eigenvalue weighted by Crippen LogP contribution is -2.26. The molecule has 0 saturated carbocycles. The Morgan fingerprint density at radius 2 is 2.17 bits per heavy atom. The van der Waals surface area contributed by atoms with E-state index in [0.29, 0.717) is 0 Å². The first-order chi connectivity index (χ1) is 8.72. The van der Waals surface area contributed by atoms with Crippen LogP contribution in [0.2, 0.25) is 0 Å². The predicted octanol–water partition coefficient (Wildman–Crippen LogP) is 1.48. The number of rotatable bonds is 8. The van der Waals surface area contributed by atoms with Gasteiger partial charge in [0, 0.05) is 6.20 Å². The molecule has 0 radical (unpaired) electrons. The van der Waals surface area contributed by atoms with E-state index in [2.05, 4.69) is 24.2 Å². The molecule has 5 nitrogen and oxygen atoms in total. The average Bonchev–Trinajstić information content (AvgIpc) is 2.79. The maximum atomic E-state index is 9.99. The van der Waals surface area contributed by atoms with Crippen LogP contribution < -0.4 is 0 Å². The van der Waals surface area contributed by atoms with Gasteiger partial charge >= 0.3 is 0 Å². The Labute approximate surface area is 108 Å². The van der Waals surface area contributed by atoms with E-state index >= 15 is 0 Å². The summed E-state index contributed by atoms with van der Waals surface area (Å²) >= 11 is 0. The van der Waals surface area contributed by atoms with Gasteiger partial charge in [-0.3, -0.25) is 0 Å². The normalized spacial score (nSPS) is 15.1. The first kappa shape index (κ1) is 14.9. The highest BCUT2D eigenvalue weighted by Gasteiger charge is 2.19. The Kier molecular flexibility index (Phi) is 6.60. The van der Waals surface area contributed by atoms with E-state index in [0.717, 1.165) is 31.4 Å². The van der Waals surface area contributed by atoms with E-state index in [9.17, 15) is 10.2 Å². The lowest BCUT2D eigenvalue weighted by atomic mass is 10.1. The first-order valence-electron chi connectivity index (χ1n) is 6.59. The summed E-state index contributed by atoms with van der Waals surface area (Å²) in [5.74, 6) is 0. The van der Waals surface area contributed by atoms with Crippen molar-refractivity contribution >= 4 is 0 Å². The molecule has 102 valence electrons. The third kappa shape index (κ3) is 4.23. The zero-order valence-corrected chi connectivity index (χ0v) is 11.2. The molecule has 0 saturated heterocycles. The number of hydrogen-bond acceptors (Lipinski definition) is 4. The van der Waals surface area contributed by atoms with Gasteiger partial charge in [0.25, 0.3) is 0 Å². The maximum Gasteiger partial charge on any atom is 0.106 e. The molecule has 18 heavy (non-hydrogen) atoms. The Hall–Kier alpha value is -1.20. The minimum absolute atomic E-state index is 0.160. The zero-order chi connectivity index (χ0) is 13.4. The second-order valence-electron chi connectivity index (χ2n) is 4.40. The molecule has 0 fully saturated rings. The maximum absolute atomic E-state index is 9.99. The molecule has 0 spiro atoms. The fourth-order valence-corrected chi connectivity index (χ4v) is 1.72. The van der Waals surface area contributed by atoms with Crippen molar-refractivity contribution < 1.29 is 10.2 Å². The van der Waals surface area contributed by atoms with Crippen LogP contribution in [-0.4, -0.2) is 37.9 Å². The first-order valence-corrected chi connectivity index (χ1v) is 6.59. The average molecular weight is 253 g/mol. The van der Waals surface area contributed by atoms with Gasteiger partial charge in [0.15, 0.2) is 0 Å². The molecule has 1 heterocycles. The Bertz CT molecular complexity index is 363. The van der Waals surface area contributed by atoms with Gasteiger partial charge in [-0.2, -0.15) is 0 Å². The van der Waals surface area contributed by atoms with E-state index in [1.54, 1.807) is 17.0 Å². The van der Waals surface area contributed by atoms with E-state index < -0.39 is 12.1 Å². The number of aliphatic hydroxyl groups is 2. The Balaban J connectivity index is 2.68. The summed E-state index contributed by atoms with van der Waals surface area (Å²) in [6.45, 7) is 3.99. The van der Waals surface area contributed by atoms with Crippen molar-refractivity contribution in [2.45, 2.75) is 51.7 Å². The van der Waals surface area contributed by atoms with Crippen LogP contribution in [0.25, 0.3) is 0 Å². The lowest BCUT2D eigenvalue weighted by molar-refractivity contribution is 0.0974. The van der Waals surface area contributed by atoms with Crippen molar-refractivity contribution in [1.82, 2.24) is 15.0 Å². The summed E-state index contributed by atoms with van der Waals surface area (Å²) < 4.78 is 1.55. The van der Waals surface area contributed by atoms with Crippen molar-refractivity contribution in [2.75, 3.05) is 6.61 Å². The fraction of sp³-hybridized carbons (Fsp3) is 0.692. The fourth-order valence-electron chi connectivity index (χ4n) is 1.72. The number of nitrogens with zero attached hydrogens (tertiary/aromatic N) is 3. The van der Waals surface area contributed by atoms with Crippen LogP contribution in [0.15, 0.2) is 18.3 Å². The van der Waals surface area contributed by atoms with Gasteiger partial charge in [0.1, 0.15) is 6.04 Å². The highest BCUT2D eigenvalue weighted by molar-refractivity contribution is 4.98. The summed E-state index contributed by atoms with van der Waals surface area (Å²) in [4.78, 5) is 0. The number of allylic oxidation sites excluding steroid dienone is 1. The minimum atomic E-state index is -0.738. The molecule has 1 aromatic heterocycles. The smallest absolute Gasteiger partial charge is 0.106 e. The molecule has 0 aliphatic carbocycles. The molecule has 2 N–H and O–H groups in total. The van der Waals surface area contributed by atoms with Crippen LogP contribution in [0.3, 0.4) is 0 Å². The number of aliphatic hydroxyl groups excluding tert-OH is 2. The van der Waals surface area contributed by atoms with Gasteiger partial charge in [-0.05, 0) is 12.8 Å². The van der Waals surface area contributed by atoms with Crippen molar-refractivity contribution in [3.05, 3.63) is 24.0 Å². The van der Waals surface area contributed by atoms with E-state index in [1.807, 2.05) is 6.08 Å². The van der Waals surface area contributed by atoms with Crippen LogP contribution >= 0.6 is 0 Å². The largest absolute Gasteiger partial charge is 0.394 e. The molecule has 0 aliphatic rings. The van der Waals surface area contributed by atoms with Crippen molar-refractivity contribution in [3.8, 4) is 0 Å². The van der Waals surface area contributed by atoms with Crippen LogP contribution in [0.5, 0.6) is 0 Å². The summed E-state index contributed by atoms with van der Waals surface area (Å²) in [6, 6.07) is -0.462. The number of unbranched alkanes of at least 4 members (excludes halogenated alkanes) is 1. The molecule has 0 unspecified atom stereocenters. The standard InChI is InChI=1S/C13H23N3O2/c1-3-5-6-8-13(18)12(10-17)16-9-11(7-4-2)14-15-16/h6,8-9,12-13,17-18H,3-5,7,10H2,1-2H3/b8-6+/t12-,13+/m0/s1. The Morgan fingerprint density at radius 3 is 2.78 bits per heavy atom. The van der Waals surface area contributed by atoms with Gasteiger partial charge in [0.05, 0.1) is 18.4 Å². The number of hydrogen-bond donors (Lipinski definition) is 2. The lowest BCUT2D eigenvalue weighted by Gasteiger charge is -2.17. The molecule has 2 atom stereocenters. The monoisotopic (exact) mass is 253 g/mol. The zero-order valence-electron chi connectivity index (χ0n) is 11.2. The van der Waals surface area contributed by atoms with Gasteiger partial charge in [0.2, 0.25) is 0 Å². The number of aryl methyl sites for hydroxylation is 1. The van der Waals surface area contributed by atoms with E-state index in [-0.39, 0.29) is 6.61 Å². The highest BCUT2D eigenvalue weighted by Crippen LogP contribution is 2.12. The van der Waals surface area contributed by atoms with E-state index in [1.165, 1.54) is 0 Å². The number of aromatic nitrogens is 3. The van der Waals surface area contributed by atoms with Gasteiger partial charge in [-0.1, -0.05) is 44.1 Å². The van der Waals surface area contributed by atoms with E-state index in [4.69, 9.17) is 0 Å².